The highest BCUT2D eigenvalue weighted by molar-refractivity contribution is 5.85. The number of hydrogen-bond acceptors (Lipinski definition) is 2. The van der Waals surface area contributed by atoms with E-state index in [-0.39, 0.29) is 11.2 Å². The van der Waals surface area contributed by atoms with Gasteiger partial charge in [-0.25, -0.2) is 4.79 Å². The van der Waals surface area contributed by atoms with E-state index < -0.39 is 5.97 Å². The van der Waals surface area contributed by atoms with Crippen molar-refractivity contribution in [3.8, 4) is 0 Å². The monoisotopic (exact) mass is 156 g/mol. The van der Waals surface area contributed by atoms with Crippen LogP contribution in [-0.2, 0) is 9.53 Å². The minimum atomic E-state index is -0.929. The van der Waals surface area contributed by atoms with Crippen molar-refractivity contribution >= 4 is 5.97 Å². The van der Waals surface area contributed by atoms with Crippen LogP contribution >= 0.6 is 0 Å². The highest BCUT2D eigenvalue weighted by Crippen LogP contribution is 2.31. The number of hydrogen-bond donors (Lipinski definition) is 1. The van der Waals surface area contributed by atoms with E-state index in [1.54, 1.807) is 0 Å². The lowest BCUT2D eigenvalue weighted by atomic mass is 9.90. The number of carbonyl (C=O) groups is 1. The van der Waals surface area contributed by atoms with Gasteiger partial charge in [0.1, 0.15) is 0 Å². The average Bonchev–Trinajstić information content (AvgIpc) is 1.84. The summed E-state index contributed by atoms with van der Waals surface area (Å²) < 4.78 is 5.21. The summed E-state index contributed by atoms with van der Waals surface area (Å²) in [7, 11) is 0. The van der Waals surface area contributed by atoms with Gasteiger partial charge in [-0.15, -0.1) is 0 Å². The zero-order valence-electron chi connectivity index (χ0n) is 6.59. The minimum Gasteiger partial charge on any atom is -0.478 e. The molecule has 1 heterocycles. The molecule has 0 aliphatic carbocycles. The number of rotatable bonds is 3. The average molecular weight is 156 g/mol. The first kappa shape index (κ1) is 8.27. The van der Waals surface area contributed by atoms with E-state index in [1.165, 1.54) is 0 Å². The third kappa shape index (κ3) is 1.80. The summed E-state index contributed by atoms with van der Waals surface area (Å²) in [6.45, 7) is 6.09. The van der Waals surface area contributed by atoms with E-state index >= 15 is 0 Å². The van der Waals surface area contributed by atoms with Crippen molar-refractivity contribution in [2.45, 2.75) is 25.4 Å². The van der Waals surface area contributed by atoms with Crippen molar-refractivity contribution in [3.05, 3.63) is 12.2 Å². The Morgan fingerprint density at radius 2 is 2.36 bits per heavy atom. The maximum Gasteiger partial charge on any atom is 0.331 e. The molecule has 0 aromatic rings. The smallest absolute Gasteiger partial charge is 0.331 e. The molecular weight excluding hydrogens is 144 g/mol. The van der Waals surface area contributed by atoms with Gasteiger partial charge in [-0.2, -0.15) is 0 Å². The van der Waals surface area contributed by atoms with E-state index in [2.05, 4.69) is 6.58 Å². The van der Waals surface area contributed by atoms with E-state index in [0.717, 1.165) is 13.0 Å². The Balaban J connectivity index is 2.41. The zero-order chi connectivity index (χ0) is 8.48. The summed E-state index contributed by atoms with van der Waals surface area (Å²) in [6.07, 6.45) is 1.36. The van der Waals surface area contributed by atoms with Crippen molar-refractivity contribution < 1.29 is 14.6 Å². The predicted octanol–water partition coefficient (Wildman–Crippen LogP) is 1.20. The van der Waals surface area contributed by atoms with Crippen LogP contribution < -0.4 is 0 Å². The third-order valence-corrected chi connectivity index (χ3v) is 1.97. The topological polar surface area (TPSA) is 46.5 Å². The van der Waals surface area contributed by atoms with Gasteiger partial charge >= 0.3 is 5.97 Å². The lowest BCUT2D eigenvalue weighted by Crippen LogP contribution is -2.41. The first-order chi connectivity index (χ1) is 5.03. The van der Waals surface area contributed by atoms with E-state index in [4.69, 9.17) is 9.84 Å². The molecule has 0 amide bonds. The maximum absolute atomic E-state index is 10.4. The molecule has 11 heavy (non-hydrogen) atoms. The normalized spacial score (nSPS) is 29.2. The molecule has 0 bridgehead atoms. The van der Waals surface area contributed by atoms with Crippen LogP contribution in [0.4, 0.5) is 0 Å². The second-order valence-corrected chi connectivity index (χ2v) is 3.13. The highest BCUT2D eigenvalue weighted by atomic mass is 16.5. The van der Waals surface area contributed by atoms with E-state index in [1.807, 2.05) is 6.92 Å². The van der Waals surface area contributed by atoms with Gasteiger partial charge in [0.25, 0.3) is 0 Å². The van der Waals surface area contributed by atoms with Crippen LogP contribution in [-0.4, -0.2) is 23.3 Å². The maximum atomic E-state index is 10.4. The number of ether oxygens (including phenoxy) is 1. The molecule has 62 valence electrons. The summed E-state index contributed by atoms with van der Waals surface area (Å²) in [6, 6.07) is 0. The Morgan fingerprint density at radius 3 is 2.64 bits per heavy atom. The Labute approximate surface area is 65.7 Å². The number of aliphatic carboxylic acids is 1. The molecule has 1 aliphatic heterocycles. The van der Waals surface area contributed by atoms with Crippen molar-refractivity contribution in [1.82, 2.24) is 0 Å². The second-order valence-electron chi connectivity index (χ2n) is 3.13. The summed E-state index contributed by atoms with van der Waals surface area (Å²) in [5.41, 5.74) is -0.0256. The molecule has 0 aromatic heterocycles. The fourth-order valence-corrected chi connectivity index (χ4v) is 1.12. The van der Waals surface area contributed by atoms with Gasteiger partial charge < -0.3 is 9.84 Å². The SMILES string of the molecule is C=C(CC1(C)CCO1)C(=O)O. The third-order valence-electron chi connectivity index (χ3n) is 1.97. The van der Waals surface area contributed by atoms with Crippen LogP contribution in [0.5, 0.6) is 0 Å². The van der Waals surface area contributed by atoms with Gasteiger partial charge in [0.2, 0.25) is 0 Å². The first-order valence-corrected chi connectivity index (χ1v) is 3.58. The van der Waals surface area contributed by atoms with Gasteiger partial charge in [-0.1, -0.05) is 6.58 Å². The predicted molar refractivity (Wildman–Crippen MR) is 40.4 cm³/mol. The van der Waals surface area contributed by atoms with Gasteiger partial charge in [-0.05, 0) is 13.3 Å². The van der Waals surface area contributed by atoms with Crippen molar-refractivity contribution in [3.63, 3.8) is 0 Å². The lowest BCUT2D eigenvalue weighted by Gasteiger charge is -2.38. The second kappa shape index (κ2) is 2.66. The van der Waals surface area contributed by atoms with Crippen molar-refractivity contribution in [2.24, 2.45) is 0 Å². The Kier molecular flexibility index (Phi) is 2.00. The molecule has 1 aliphatic rings. The summed E-state index contributed by atoms with van der Waals surface area (Å²) in [4.78, 5) is 10.4. The summed E-state index contributed by atoms with van der Waals surface area (Å²) in [5, 5.41) is 8.51. The van der Waals surface area contributed by atoms with Crippen LogP contribution in [0, 0.1) is 0 Å². The molecule has 1 unspecified atom stereocenters. The molecular formula is C8H12O3. The summed E-state index contributed by atoms with van der Waals surface area (Å²) in [5.74, 6) is -0.929. The van der Waals surface area contributed by atoms with Gasteiger partial charge in [0, 0.05) is 12.0 Å². The lowest BCUT2D eigenvalue weighted by molar-refractivity contribution is -0.143. The van der Waals surface area contributed by atoms with Gasteiger partial charge in [-0.3, -0.25) is 0 Å². The Morgan fingerprint density at radius 1 is 1.82 bits per heavy atom. The van der Waals surface area contributed by atoms with Crippen LogP contribution in [0.3, 0.4) is 0 Å². The van der Waals surface area contributed by atoms with Crippen LogP contribution in [0.2, 0.25) is 0 Å². The van der Waals surface area contributed by atoms with Crippen LogP contribution in [0.25, 0.3) is 0 Å². The quantitative estimate of drug-likeness (QED) is 0.624. The largest absolute Gasteiger partial charge is 0.478 e. The molecule has 0 radical (unpaired) electrons. The minimum absolute atomic E-state index is 0.229. The van der Waals surface area contributed by atoms with Crippen molar-refractivity contribution in [2.75, 3.05) is 6.61 Å². The van der Waals surface area contributed by atoms with Gasteiger partial charge in [0.15, 0.2) is 0 Å². The summed E-state index contributed by atoms with van der Waals surface area (Å²) >= 11 is 0. The molecule has 1 N–H and O–H groups in total. The van der Waals surface area contributed by atoms with E-state index in [0.29, 0.717) is 6.42 Å². The Hall–Kier alpha value is -0.830. The number of carboxylic acids is 1. The molecule has 1 rings (SSSR count). The molecule has 3 nitrogen and oxygen atoms in total. The fraction of sp³-hybridized carbons (Fsp3) is 0.625. The van der Waals surface area contributed by atoms with Crippen molar-refractivity contribution in [1.29, 1.82) is 0 Å². The molecule has 0 aromatic carbocycles. The number of carboxylic acid groups (broad SMARTS) is 1. The standard InChI is InChI=1S/C8H12O3/c1-6(7(9)10)5-8(2)3-4-11-8/h1,3-5H2,2H3,(H,9,10). The first-order valence-electron chi connectivity index (χ1n) is 3.58. The van der Waals surface area contributed by atoms with E-state index in [9.17, 15) is 4.79 Å². The fourth-order valence-electron chi connectivity index (χ4n) is 1.12. The molecule has 3 heteroatoms. The van der Waals surface area contributed by atoms with Crippen LogP contribution in [0.15, 0.2) is 12.2 Å². The van der Waals surface area contributed by atoms with Gasteiger partial charge in [0.05, 0.1) is 12.2 Å². The molecule has 1 saturated heterocycles. The highest BCUT2D eigenvalue weighted by Gasteiger charge is 2.34. The molecule has 1 atom stereocenters. The molecule has 0 saturated carbocycles. The molecule has 1 fully saturated rings. The Bertz CT molecular complexity index is 192. The van der Waals surface area contributed by atoms with Crippen LogP contribution in [0.1, 0.15) is 19.8 Å². The zero-order valence-corrected chi connectivity index (χ0v) is 6.59. The molecule has 0 spiro atoms.